The fourth-order valence-corrected chi connectivity index (χ4v) is 5.96. The van der Waals surface area contributed by atoms with Crippen LogP contribution in [0.5, 0.6) is 5.75 Å². The van der Waals surface area contributed by atoms with Crippen LogP contribution >= 0.6 is 11.6 Å². The van der Waals surface area contributed by atoms with Crippen LogP contribution in [0, 0.1) is 0 Å². The number of hydrogen-bond acceptors (Lipinski definition) is 6. The van der Waals surface area contributed by atoms with Crippen LogP contribution in [0.1, 0.15) is 18.0 Å². The molecule has 3 atom stereocenters. The molecule has 10 heteroatoms. The van der Waals surface area contributed by atoms with E-state index in [0.717, 1.165) is 4.90 Å². The number of ether oxygens (including phenoxy) is 1. The number of carboxylic acid groups (broad SMARTS) is 1. The molecule has 2 aromatic rings. The molecule has 0 bridgehead atoms. The topological polar surface area (TPSA) is 113 Å². The van der Waals surface area contributed by atoms with Gasteiger partial charge in [-0.15, -0.1) is 6.58 Å². The predicted molar refractivity (Wildman–Crippen MR) is 133 cm³/mol. The smallest absolute Gasteiger partial charge is 0.326 e. The van der Waals surface area contributed by atoms with E-state index in [1.807, 2.05) is 0 Å². The number of hydrogen-bond donors (Lipinski definition) is 2. The minimum atomic E-state index is -4.02. The Balaban J connectivity index is 1.94. The fourth-order valence-electron chi connectivity index (χ4n) is 4.00. The number of para-hydroxylation sites is 1. The van der Waals surface area contributed by atoms with Gasteiger partial charge in [0.05, 0.1) is 5.25 Å². The van der Waals surface area contributed by atoms with E-state index in [1.165, 1.54) is 18.2 Å². The number of amides is 1. The standard InChI is InChI=1S/C25H27ClN2O6S/c1-3-13-27-23(17-9-11-18(26)12-10-17)24(29)28-16-19(15-20(28)25(30)31)35(32,33)22-8-6-5-7-21(22)34-14-4-2/h3-12,19-20,23,27H,1-2,13-16H2,(H,30,31)/t19?,20?,23-/m1/s1. The van der Waals surface area contributed by atoms with Crippen LogP contribution in [0.15, 0.2) is 78.7 Å². The summed E-state index contributed by atoms with van der Waals surface area (Å²) in [5.74, 6) is -1.67. The Bertz CT molecular complexity index is 1200. The van der Waals surface area contributed by atoms with Gasteiger partial charge < -0.3 is 14.7 Å². The fraction of sp³-hybridized carbons (Fsp3) is 0.280. The molecule has 186 valence electrons. The van der Waals surface area contributed by atoms with Gasteiger partial charge in [0.15, 0.2) is 9.84 Å². The quantitative estimate of drug-likeness (QED) is 0.439. The molecule has 2 N–H and O–H groups in total. The van der Waals surface area contributed by atoms with E-state index >= 15 is 0 Å². The third-order valence-electron chi connectivity index (χ3n) is 5.70. The largest absolute Gasteiger partial charge is 0.488 e. The zero-order valence-corrected chi connectivity index (χ0v) is 20.5. The van der Waals surface area contributed by atoms with E-state index in [9.17, 15) is 23.1 Å². The first kappa shape index (κ1) is 26.5. The van der Waals surface area contributed by atoms with Gasteiger partial charge in [0.2, 0.25) is 5.91 Å². The number of carbonyl (C=O) groups excluding carboxylic acids is 1. The van der Waals surface area contributed by atoms with Gasteiger partial charge in [-0.05, 0) is 36.2 Å². The Morgan fingerprint density at radius 1 is 1.17 bits per heavy atom. The summed E-state index contributed by atoms with van der Waals surface area (Å²) in [5, 5.41) is 12.2. The Morgan fingerprint density at radius 2 is 1.86 bits per heavy atom. The van der Waals surface area contributed by atoms with Crippen molar-refractivity contribution < 1.29 is 27.9 Å². The number of benzene rings is 2. The Labute approximate surface area is 209 Å². The molecular formula is C25H27ClN2O6S. The molecule has 1 saturated heterocycles. The van der Waals surface area contributed by atoms with Crippen LogP contribution in [-0.2, 0) is 19.4 Å². The average molecular weight is 519 g/mol. The van der Waals surface area contributed by atoms with E-state index in [1.54, 1.807) is 42.5 Å². The number of likely N-dealkylation sites (tertiary alicyclic amines) is 1. The molecule has 1 aliphatic heterocycles. The van der Waals surface area contributed by atoms with Crippen molar-refractivity contribution in [2.75, 3.05) is 19.7 Å². The molecule has 2 unspecified atom stereocenters. The summed E-state index contributed by atoms with van der Waals surface area (Å²) in [7, 11) is -4.02. The first-order valence-corrected chi connectivity index (χ1v) is 12.8. The van der Waals surface area contributed by atoms with Gasteiger partial charge >= 0.3 is 5.97 Å². The Morgan fingerprint density at radius 3 is 2.49 bits per heavy atom. The molecule has 35 heavy (non-hydrogen) atoms. The van der Waals surface area contributed by atoms with Crippen molar-refractivity contribution in [1.82, 2.24) is 10.2 Å². The molecule has 0 aromatic heterocycles. The van der Waals surface area contributed by atoms with E-state index in [2.05, 4.69) is 18.5 Å². The van der Waals surface area contributed by atoms with Crippen molar-refractivity contribution in [3.05, 3.63) is 84.4 Å². The van der Waals surface area contributed by atoms with E-state index in [4.69, 9.17) is 16.3 Å². The van der Waals surface area contributed by atoms with Crippen molar-refractivity contribution in [3.8, 4) is 5.75 Å². The van der Waals surface area contributed by atoms with Crippen molar-refractivity contribution in [2.45, 2.75) is 28.6 Å². The number of nitrogens with one attached hydrogen (secondary N) is 1. The van der Waals surface area contributed by atoms with Crippen molar-refractivity contribution in [2.24, 2.45) is 0 Å². The van der Waals surface area contributed by atoms with Gasteiger partial charge in [0, 0.05) is 18.1 Å². The maximum absolute atomic E-state index is 13.6. The molecule has 1 amide bonds. The number of aliphatic carboxylic acids is 1. The van der Waals surface area contributed by atoms with E-state index < -0.39 is 39.0 Å². The van der Waals surface area contributed by atoms with Gasteiger partial charge in [-0.1, -0.05) is 54.6 Å². The van der Waals surface area contributed by atoms with Crippen LogP contribution in [0.4, 0.5) is 0 Å². The van der Waals surface area contributed by atoms with Gasteiger partial charge in [-0.2, -0.15) is 0 Å². The van der Waals surface area contributed by atoms with Gasteiger partial charge in [-0.3, -0.25) is 10.1 Å². The molecule has 8 nitrogen and oxygen atoms in total. The van der Waals surface area contributed by atoms with Crippen LogP contribution < -0.4 is 10.1 Å². The molecule has 0 aliphatic carbocycles. The van der Waals surface area contributed by atoms with Crippen LogP contribution in [0.3, 0.4) is 0 Å². The number of halogens is 1. The number of nitrogens with zero attached hydrogens (tertiary/aromatic N) is 1. The molecule has 0 radical (unpaired) electrons. The molecule has 0 saturated carbocycles. The second kappa shape index (κ2) is 11.5. The summed E-state index contributed by atoms with van der Waals surface area (Å²) in [6.45, 7) is 7.33. The molecule has 1 fully saturated rings. The lowest BCUT2D eigenvalue weighted by molar-refractivity contribution is -0.149. The van der Waals surface area contributed by atoms with Gasteiger partial charge in [0.1, 0.15) is 29.3 Å². The molecule has 1 heterocycles. The SMILES string of the molecule is C=CCN[C@@H](C(=O)N1CC(S(=O)(=O)c2ccccc2OCC=C)CC1C(=O)O)c1ccc(Cl)cc1. The molecule has 1 aliphatic rings. The zero-order chi connectivity index (χ0) is 25.6. The van der Waals surface area contributed by atoms with Crippen molar-refractivity contribution >= 4 is 33.3 Å². The lowest BCUT2D eigenvalue weighted by atomic mass is 10.0. The highest BCUT2D eigenvalue weighted by atomic mass is 35.5. The van der Waals surface area contributed by atoms with Crippen LogP contribution in [0.25, 0.3) is 0 Å². The minimum Gasteiger partial charge on any atom is -0.488 e. The number of rotatable bonds is 11. The first-order valence-electron chi connectivity index (χ1n) is 10.9. The maximum Gasteiger partial charge on any atom is 0.326 e. The van der Waals surface area contributed by atoms with Crippen LogP contribution in [0.2, 0.25) is 5.02 Å². The minimum absolute atomic E-state index is 0.0516. The third-order valence-corrected chi connectivity index (χ3v) is 8.12. The lowest BCUT2D eigenvalue weighted by Gasteiger charge is -2.27. The number of carbonyl (C=O) groups is 2. The molecule has 3 rings (SSSR count). The molecule has 2 aromatic carbocycles. The van der Waals surface area contributed by atoms with Gasteiger partial charge in [0.25, 0.3) is 0 Å². The summed E-state index contributed by atoms with van der Waals surface area (Å²) in [4.78, 5) is 26.7. The highest BCUT2D eigenvalue weighted by Crippen LogP contribution is 2.34. The highest BCUT2D eigenvalue weighted by molar-refractivity contribution is 7.92. The lowest BCUT2D eigenvalue weighted by Crippen LogP contribution is -2.46. The number of sulfone groups is 1. The summed E-state index contributed by atoms with van der Waals surface area (Å²) in [6, 6.07) is 10.5. The highest BCUT2D eigenvalue weighted by Gasteiger charge is 2.47. The van der Waals surface area contributed by atoms with Crippen molar-refractivity contribution in [3.63, 3.8) is 0 Å². The summed E-state index contributed by atoms with van der Waals surface area (Å²) >= 11 is 5.97. The Hall–Kier alpha value is -3.14. The van der Waals surface area contributed by atoms with Crippen LogP contribution in [-0.4, -0.2) is 61.3 Å². The van der Waals surface area contributed by atoms with Gasteiger partial charge in [-0.25, -0.2) is 13.2 Å². The van der Waals surface area contributed by atoms with E-state index in [-0.39, 0.29) is 36.8 Å². The second-order valence-corrected chi connectivity index (χ2v) is 10.6. The molecule has 0 spiro atoms. The second-order valence-electron chi connectivity index (χ2n) is 7.98. The third kappa shape index (κ3) is 5.93. The number of carboxylic acids is 1. The molecular weight excluding hydrogens is 492 g/mol. The first-order chi connectivity index (χ1) is 16.7. The van der Waals surface area contributed by atoms with Crippen molar-refractivity contribution in [1.29, 1.82) is 0 Å². The summed E-state index contributed by atoms with van der Waals surface area (Å²) < 4.78 is 32.6. The summed E-state index contributed by atoms with van der Waals surface area (Å²) in [6.07, 6.45) is 2.82. The zero-order valence-electron chi connectivity index (χ0n) is 19.0. The Kier molecular flexibility index (Phi) is 8.71. The average Bonchev–Trinajstić information content (AvgIpc) is 3.31. The maximum atomic E-state index is 13.6. The normalized spacial score (nSPS) is 18.6. The van der Waals surface area contributed by atoms with E-state index in [0.29, 0.717) is 10.6 Å². The summed E-state index contributed by atoms with van der Waals surface area (Å²) in [5.41, 5.74) is 0.569. The monoisotopic (exact) mass is 518 g/mol. The predicted octanol–water partition coefficient (Wildman–Crippen LogP) is 3.25.